The minimum absolute atomic E-state index is 0.636. The van der Waals surface area contributed by atoms with Crippen LogP contribution in [0.5, 0.6) is 5.88 Å². The van der Waals surface area contributed by atoms with Crippen LogP contribution in [0.2, 0.25) is 0 Å². The Kier molecular flexibility index (Phi) is 3.91. The van der Waals surface area contributed by atoms with Gasteiger partial charge in [0.1, 0.15) is 0 Å². The fourth-order valence-electron chi connectivity index (χ4n) is 2.71. The molecule has 3 rings (SSSR count). The van der Waals surface area contributed by atoms with E-state index in [0.717, 1.165) is 24.2 Å². The van der Waals surface area contributed by atoms with E-state index in [1.807, 2.05) is 13.1 Å². The third-order valence-electron chi connectivity index (χ3n) is 3.71. The Hall–Kier alpha value is -2.29. The SMILES string of the molecule is CCOc1nccc2c1cc(CC)n2Cc1ccccc1. The predicted octanol–water partition coefficient (Wildman–Crippen LogP) is 4.05. The van der Waals surface area contributed by atoms with Gasteiger partial charge >= 0.3 is 0 Å². The summed E-state index contributed by atoms with van der Waals surface area (Å²) < 4.78 is 8.01. The maximum atomic E-state index is 5.66. The molecule has 2 aromatic heterocycles. The molecule has 0 amide bonds. The van der Waals surface area contributed by atoms with Gasteiger partial charge in [0.05, 0.1) is 17.5 Å². The average Bonchev–Trinajstić information content (AvgIpc) is 2.88. The maximum absolute atomic E-state index is 5.66. The first-order chi connectivity index (χ1) is 10.3. The Morgan fingerprint density at radius 3 is 2.62 bits per heavy atom. The third-order valence-corrected chi connectivity index (χ3v) is 3.71. The summed E-state index contributed by atoms with van der Waals surface area (Å²) in [6.45, 7) is 5.69. The Balaban J connectivity index is 2.10. The highest BCUT2D eigenvalue weighted by Crippen LogP contribution is 2.28. The Bertz CT molecular complexity index is 732. The summed E-state index contributed by atoms with van der Waals surface area (Å²) in [5, 5.41) is 1.10. The number of pyridine rings is 1. The molecule has 0 aliphatic carbocycles. The van der Waals surface area contributed by atoms with Gasteiger partial charge in [-0.2, -0.15) is 0 Å². The molecular weight excluding hydrogens is 260 g/mol. The first-order valence-electron chi connectivity index (χ1n) is 7.47. The molecular formula is C18H20N2O. The van der Waals surface area contributed by atoms with Crippen LogP contribution in [0.1, 0.15) is 25.1 Å². The number of hydrogen-bond acceptors (Lipinski definition) is 2. The predicted molar refractivity (Wildman–Crippen MR) is 85.8 cm³/mol. The summed E-state index contributed by atoms with van der Waals surface area (Å²) in [5.74, 6) is 0.733. The van der Waals surface area contributed by atoms with E-state index in [1.165, 1.54) is 16.8 Å². The quantitative estimate of drug-likeness (QED) is 0.705. The van der Waals surface area contributed by atoms with E-state index in [9.17, 15) is 0 Å². The highest BCUT2D eigenvalue weighted by atomic mass is 16.5. The molecule has 0 bridgehead atoms. The van der Waals surface area contributed by atoms with Crippen molar-refractivity contribution in [2.24, 2.45) is 0 Å². The van der Waals surface area contributed by atoms with Gasteiger partial charge in [-0.05, 0) is 31.0 Å². The number of ether oxygens (including phenoxy) is 1. The zero-order valence-corrected chi connectivity index (χ0v) is 12.5. The molecule has 0 spiro atoms. The minimum Gasteiger partial charge on any atom is -0.477 e. The molecule has 0 aliphatic heterocycles. The number of fused-ring (bicyclic) bond motifs is 1. The number of aryl methyl sites for hydroxylation is 1. The Morgan fingerprint density at radius 1 is 1.10 bits per heavy atom. The molecule has 3 nitrogen and oxygen atoms in total. The van der Waals surface area contributed by atoms with Crippen molar-refractivity contribution in [2.75, 3.05) is 6.61 Å². The van der Waals surface area contributed by atoms with Gasteiger partial charge < -0.3 is 9.30 Å². The molecule has 0 fully saturated rings. The van der Waals surface area contributed by atoms with Crippen molar-refractivity contribution < 1.29 is 4.74 Å². The molecule has 0 saturated carbocycles. The van der Waals surface area contributed by atoms with Crippen LogP contribution in [0.15, 0.2) is 48.7 Å². The number of nitrogens with zero attached hydrogens (tertiary/aromatic N) is 2. The van der Waals surface area contributed by atoms with Gasteiger partial charge in [0.2, 0.25) is 5.88 Å². The van der Waals surface area contributed by atoms with E-state index in [1.54, 1.807) is 0 Å². The van der Waals surface area contributed by atoms with Crippen molar-refractivity contribution in [2.45, 2.75) is 26.8 Å². The topological polar surface area (TPSA) is 27.1 Å². The second kappa shape index (κ2) is 6.00. The van der Waals surface area contributed by atoms with Crippen molar-refractivity contribution in [1.29, 1.82) is 0 Å². The lowest BCUT2D eigenvalue weighted by atomic mass is 10.2. The smallest absolute Gasteiger partial charge is 0.222 e. The highest BCUT2D eigenvalue weighted by Gasteiger charge is 2.12. The normalized spacial score (nSPS) is 11.0. The maximum Gasteiger partial charge on any atom is 0.222 e. The molecule has 1 aromatic carbocycles. The van der Waals surface area contributed by atoms with Crippen molar-refractivity contribution in [3.63, 3.8) is 0 Å². The van der Waals surface area contributed by atoms with Crippen molar-refractivity contribution in [3.05, 3.63) is 59.9 Å². The van der Waals surface area contributed by atoms with Crippen LogP contribution in [0, 0.1) is 0 Å². The summed E-state index contributed by atoms with van der Waals surface area (Å²) in [6, 6.07) is 14.8. The number of aromatic nitrogens is 2. The third kappa shape index (κ3) is 2.64. The van der Waals surface area contributed by atoms with Gasteiger partial charge in [-0.3, -0.25) is 0 Å². The average molecular weight is 280 g/mol. The van der Waals surface area contributed by atoms with Crippen molar-refractivity contribution >= 4 is 10.9 Å². The monoisotopic (exact) mass is 280 g/mol. The van der Waals surface area contributed by atoms with E-state index in [-0.39, 0.29) is 0 Å². The second-order valence-electron chi connectivity index (χ2n) is 5.04. The number of benzene rings is 1. The first-order valence-corrected chi connectivity index (χ1v) is 7.47. The van der Waals surface area contributed by atoms with Gasteiger partial charge in [0.15, 0.2) is 0 Å². The van der Waals surface area contributed by atoms with Gasteiger partial charge in [-0.15, -0.1) is 0 Å². The molecule has 3 heteroatoms. The van der Waals surface area contributed by atoms with Gasteiger partial charge in [-0.1, -0.05) is 37.3 Å². The first kappa shape index (κ1) is 13.7. The summed E-state index contributed by atoms with van der Waals surface area (Å²) in [7, 11) is 0. The number of hydrogen-bond donors (Lipinski definition) is 0. The van der Waals surface area contributed by atoms with Gasteiger partial charge in [-0.25, -0.2) is 4.98 Å². The summed E-state index contributed by atoms with van der Waals surface area (Å²) in [6.07, 6.45) is 2.82. The zero-order chi connectivity index (χ0) is 14.7. The van der Waals surface area contributed by atoms with Crippen LogP contribution in [0.4, 0.5) is 0 Å². The molecule has 0 atom stereocenters. The van der Waals surface area contributed by atoms with E-state index in [4.69, 9.17) is 4.74 Å². The zero-order valence-electron chi connectivity index (χ0n) is 12.5. The molecule has 0 saturated heterocycles. The summed E-state index contributed by atoms with van der Waals surface area (Å²) in [4.78, 5) is 4.36. The molecule has 2 heterocycles. The Morgan fingerprint density at radius 2 is 1.90 bits per heavy atom. The van der Waals surface area contributed by atoms with Crippen molar-refractivity contribution in [1.82, 2.24) is 9.55 Å². The van der Waals surface area contributed by atoms with E-state index >= 15 is 0 Å². The highest BCUT2D eigenvalue weighted by molar-refractivity contribution is 5.86. The lowest BCUT2D eigenvalue weighted by Crippen LogP contribution is -2.03. The molecule has 0 unspecified atom stereocenters. The van der Waals surface area contributed by atoms with E-state index in [2.05, 4.69) is 58.9 Å². The summed E-state index contributed by atoms with van der Waals surface area (Å²) >= 11 is 0. The van der Waals surface area contributed by atoms with E-state index < -0.39 is 0 Å². The van der Waals surface area contributed by atoms with Crippen LogP contribution in [-0.4, -0.2) is 16.2 Å². The Labute approximate surface area is 125 Å². The molecule has 0 aliphatic rings. The fraction of sp³-hybridized carbons (Fsp3) is 0.278. The molecule has 0 N–H and O–H groups in total. The standard InChI is InChI=1S/C18H20N2O/c1-3-15-12-16-17(10-11-19-18(16)21-4-2)20(15)13-14-8-6-5-7-9-14/h5-12H,3-4,13H2,1-2H3. The molecule has 108 valence electrons. The lowest BCUT2D eigenvalue weighted by Gasteiger charge is -2.10. The van der Waals surface area contributed by atoms with Crippen molar-refractivity contribution in [3.8, 4) is 5.88 Å². The summed E-state index contributed by atoms with van der Waals surface area (Å²) in [5.41, 5.74) is 3.80. The molecule has 21 heavy (non-hydrogen) atoms. The van der Waals surface area contributed by atoms with Crippen LogP contribution in [0.25, 0.3) is 10.9 Å². The van der Waals surface area contributed by atoms with E-state index in [0.29, 0.717) is 6.61 Å². The fourth-order valence-corrected chi connectivity index (χ4v) is 2.71. The largest absolute Gasteiger partial charge is 0.477 e. The van der Waals surface area contributed by atoms with Gasteiger partial charge in [0.25, 0.3) is 0 Å². The second-order valence-corrected chi connectivity index (χ2v) is 5.04. The number of rotatable bonds is 5. The van der Waals surface area contributed by atoms with Gasteiger partial charge in [0, 0.05) is 18.4 Å². The lowest BCUT2D eigenvalue weighted by molar-refractivity contribution is 0.331. The van der Waals surface area contributed by atoms with Crippen LogP contribution in [0.3, 0.4) is 0 Å². The van der Waals surface area contributed by atoms with Crippen LogP contribution >= 0.6 is 0 Å². The molecule has 3 aromatic rings. The van der Waals surface area contributed by atoms with Crippen LogP contribution < -0.4 is 4.74 Å². The van der Waals surface area contributed by atoms with Crippen LogP contribution in [-0.2, 0) is 13.0 Å². The minimum atomic E-state index is 0.636. The molecule has 0 radical (unpaired) electrons.